The van der Waals surface area contributed by atoms with Crippen molar-refractivity contribution in [1.82, 2.24) is 19.2 Å². The third kappa shape index (κ3) is 9.84. The van der Waals surface area contributed by atoms with Gasteiger partial charge in [0.05, 0.1) is 13.2 Å². The van der Waals surface area contributed by atoms with Crippen LogP contribution in [0.15, 0.2) is 0 Å². The molecule has 0 saturated carbocycles. The summed E-state index contributed by atoms with van der Waals surface area (Å²) in [6.07, 6.45) is 0.856. The van der Waals surface area contributed by atoms with E-state index in [2.05, 4.69) is 9.44 Å². The molecule has 4 N–H and O–H groups in total. The lowest BCUT2D eigenvalue weighted by atomic mass is 10.4. The summed E-state index contributed by atoms with van der Waals surface area (Å²) in [5.41, 5.74) is 0. The lowest BCUT2D eigenvalue weighted by molar-refractivity contribution is 0.220. The van der Waals surface area contributed by atoms with Gasteiger partial charge < -0.3 is 20.0 Å². The van der Waals surface area contributed by atoms with E-state index in [1.165, 1.54) is 0 Å². The number of aliphatic hydroxyl groups is 2. The van der Waals surface area contributed by atoms with E-state index < -0.39 is 18.1 Å². The summed E-state index contributed by atoms with van der Waals surface area (Å²) < 4.78 is 51.3. The SMILES string of the molecule is CN(CCO)CCCNS(=O)(=O)S(=O)(=O)NCCCN(C)CCO. The maximum atomic E-state index is 11.8. The molecule has 24 heavy (non-hydrogen) atoms. The molecule has 0 aromatic carbocycles. The van der Waals surface area contributed by atoms with Crippen LogP contribution in [0.25, 0.3) is 0 Å². The van der Waals surface area contributed by atoms with Crippen molar-refractivity contribution in [2.45, 2.75) is 12.8 Å². The highest BCUT2D eigenvalue weighted by atomic mass is 33.2. The Morgan fingerprint density at radius 2 is 1.04 bits per heavy atom. The minimum absolute atomic E-state index is 0.00174. The Labute approximate surface area is 144 Å². The zero-order valence-corrected chi connectivity index (χ0v) is 15.9. The van der Waals surface area contributed by atoms with Crippen LogP contribution in [-0.2, 0) is 18.1 Å². The average molecular weight is 391 g/mol. The van der Waals surface area contributed by atoms with Crippen LogP contribution in [0.5, 0.6) is 0 Å². The smallest absolute Gasteiger partial charge is 0.331 e. The van der Waals surface area contributed by atoms with Gasteiger partial charge in [-0.3, -0.25) is 0 Å². The number of nitrogens with one attached hydrogen (secondary N) is 2. The Morgan fingerprint density at radius 3 is 1.33 bits per heavy atom. The minimum Gasteiger partial charge on any atom is -0.395 e. The highest BCUT2D eigenvalue weighted by Crippen LogP contribution is 1.98. The molecule has 0 fully saturated rings. The van der Waals surface area contributed by atoms with Gasteiger partial charge in [-0.1, -0.05) is 0 Å². The summed E-state index contributed by atoms with van der Waals surface area (Å²) in [5.74, 6) is 0. The lowest BCUT2D eigenvalue weighted by Crippen LogP contribution is -2.41. The number of rotatable bonds is 15. The molecule has 0 saturated heterocycles. The van der Waals surface area contributed by atoms with Gasteiger partial charge in [0.2, 0.25) is 0 Å². The molecular weight excluding hydrogens is 360 g/mol. The normalized spacial score (nSPS) is 13.1. The second-order valence-electron chi connectivity index (χ2n) is 5.46. The van der Waals surface area contributed by atoms with E-state index in [0.717, 1.165) is 0 Å². The fourth-order valence-corrected chi connectivity index (χ4v) is 4.34. The van der Waals surface area contributed by atoms with Gasteiger partial charge in [-0.15, -0.1) is 0 Å². The summed E-state index contributed by atoms with van der Waals surface area (Å²) >= 11 is 0. The third-order valence-electron chi connectivity index (χ3n) is 3.24. The zero-order chi connectivity index (χ0) is 18.6. The molecule has 0 aliphatic heterocycles. The van der Waals surface area contributed by atoms with Gasteiger partial charge >= 0.3 is 18.1 Å². The molecule has 0 bridgehead atoms. The van der Waals surface area contributed by atoms with Gasteiger partial charge in [-0.05, 0) is 40.0 Å². The van der Waals surface area contributed by atoms with Crippen molar-refractivity contribution in [2.24, 2.45) is 0 Å². The number of nitrogens with zero attached hydrogens (tertiary/aromatic N) is 2. The highest BCUT2D eigenvalue weighted by molar-refractivity contribution is 8.65. The molecule has 10 nitrogen and oxygen atoms in total. The monoisotopic (exact) mass is 390 g/mol. The first-order valence-corrected chi connectivity index (χ1v) is 11.2. The van der Waals surface area contributed by atoms with Gasteiger partial charge in [0, 0.05) is 26.2 Å². The van der Waals surface area contributed by atoms with Crippen LogP contribution >= 0.6 is 0 Å². The maximum absolute atomic E-state index is 11.8. The molecule has 0 rings (SSSR count). The molecule has 0 radical (unpaired) electrons. The van der Waals surface area contributed by atoms with Crippen LogP contribution < -0.4 is 9.44 Å². The van der Waals surface area contributed by atoms with E-state index >= 15 is 0 Å². The van der Waals surface area contributed by atoms with Crippen molar-refractivity contribution in [3.63, 3.8) is 0 Å². The van der Waals surface area contributed by atoms with E-state index in [1.54, 1.807) is 14.1 Å². The molecular formula is C12H30N4O6S2. The first kappa shape index (κ1) is 23.7. The minimum atomic E-state index is -4.49. The van der Waals surface area contributed by atoms with Crippen molar-refractivity contribution in [2.75, 3.05) is 66.6 Å². The van der Waals surface area contributed by atoms with Gasteiger partial charge in [-0.2, -0.15) is 16.8 Å². The Balaban J connectivity index is 4.17. The molecule has 0 aliphatic rings. The molecule has 0 aliphatic carbocycles. The third-order valence-corrected chi connectivity index (χ3v) is 7.38. The van der Waals surface area contributed by atoms with E-state index in [9.17, 15) is 16.8 Å². The molecule has 0 spiro atoms. The molecule has 12 heteroatoms. The number of likely N-dealkylation sites (N-methyl/N-ethyl adjacent to an activating group) is 2. The first-order chi connectivity index (χ1) is 11.2. The second kappa shape index (κ2) is 12.1. The van der Waals surface area contributed by atoms with Gasteiger partial charge in [0.1, 0.15) is 0 Å². The quantitative estimate of drug-likeness (QED) is 0.176. The molecule has 146 valence electrons. The predicted octanol–water partition coefficient (Wildman–Crippen LogP) is -2.63. The van der Waals surface area contributed by atoms with Crippen LogP contribution in [0.2, 0.25) is 0 Å². The predicted molar refractivity (Wildman–Crippen MR) is 92.2 cm³/mol. The fourth-order valence-electron chi connectivity index (χ4n) is 1.81. The van der Waals surface area contributed by atoms with Crippen LogP contribution in [0.4, 0.5) is 0 Å². The molecule has 0 unspecified atom stereocenters. The van der Waals surface area contributed by atoms with E-state index in [1.807, 2.05) is 9.80 Å². The van der Waals surface area contributed by atoms with Crippen molar-refractivity contribution in [3.8, 4) is 0 Å². The number of aliphatic hydroxyl groups excluding tert-OH is 2. The summed E-state index contributed by atoms with van der Waals surface area (Å²) in [5, 5.41) is 17.5. The topological polar surface area (TPSA) is 139 Å². The molecule has 0 heterocycles. The Kier molecular flexibility index (Phi) is 11.9. The molecule has 0 aromatic heterocycles. The molecule has 0 amide bonds. The summed E-state index contributed by atoms with van der Waals surface area (Å²) in [6.45, 7) is 2.02. The lowest BCUT2D eigenvalue weighted by Gasteiger charge is -2.16. The molecule has 0 atom stereocenters. The van der Waals surface area contributed by atoms with Crippen LogP contribution in [0, 0.1) is 0 Å². The van der Waals surface area contributed by atoms with Crippen molar-refractivity contribution >= 4 is 18.1 Å². The van der Waals surface area contributed by atoms with Crippen molar-refractivity contribution < 1.29 is 27.0 Å². The van der Waals surface area contributed by atoms with Crippen LogP contribution in [0.3, 0.4) is 0 Å². The van der Waals surface area contributed by atoms with E-state index in [4.69, 9.17) is 10.2 Å². The average Bonchev–Trinajstić information content (AvgIpc) is 2.48. The summed E-state index contributed by atoms with van der Waals surface area (Å²) in [7, 11) is -5.43. The van der Waals surface area contributed by atoms with Crippen molar-refractivity contribution in [3.05, 3.63) is 0 Å². The first-order valence-electron chi connectivity index (χ1n) is 7.74. The Bertz CT molecular complexity index is 478. The van der Waals surface area contributed by atoms with Gasteiger partial charge in [-0.25, -0.2) is 9.44 Å². The standard InChI is InChI=1S/C12H30N4O6S2/c1-15(9-11-17)7-3-5-13-23(19,20)24(21,22)14-6-4-8-16(2)10-12-18/h13-14,17-18H,3-12H2,1-2H3. The molecule has 0 aromatic rings. The fraction of sp³-hybridized carbons (Fsp3) is 1.00. The van der Waals surface area contributed by atoms with E-state index in [0.29, 0.717) is 39.0 Å². The van der Waals surface area contributed by atoms with E-state index in [-0.39, 0.29) is 26.3 Å². The summed E-state index contributed by atoms with van der Waals surface area (Å²) in [4.78, 5) is 3.62. The second-order valence-corrected chi connectivity index (χ2v) is 10.5. The maximum Gasteiger partial charge on any atom is 0.331 e. The largest absolute Gasteiger partial charge is 0.395 e. The summed E-state index contributed by atoms with van der Waals surface area (Å²) in [6, 6.07) is 0. The Morgan fingerprint density at radius 1 is 0.708 bits per heavy atom. The van der Waals surface area contributed by atoms with Crippen LogP contribution in [-0.4, -0.2) is 103 Å². The van der Waals surface area contributed by atoms with Gasteiger partial charge in [0.25, 0.3) is 0 Å². The van der Waals surface area contributed by atoms with Crippen molar-refractivity contribution in [1.29, 1.82) is 0 Å². The highest BCUT2D eigenvalue weighted by Gasteiger charge is 2.28. The Hall–Kier alpha value is -0.340. The number of hydrogen-bond acceptors (Lipinski definition) is 8. The zero-order valence-electron chi connectivity index (χ0n) is 14.3. The van der Waals surface area contributed by atoms with Gasteiger partial charge in [0.15, 0.2) is 0 Å². The number of hydrogen-bond donors (Lipinski definition) is 4. The van der Waals surface area contributed by atoms with Crippen LogP contribution in [0.1, 0.15) is 12.8 Å².